The molecular formula is C21H18F6N2O. The molecule has 0 aliphatic carbocycles. The number of hydrogen-bond donors (Lipinski definition) is 1. The van der Waals surface area contributed by atoms with E-state index in [1.165, 1.54) is 4.90 Å². The molecular weight excluding hydrogens is 410 g/mol. The molecule has 30 heavy (non-hydrogen) atoms. The molecule has 0 aromatic heterocycles. The minimum Gasteiger partial charge on any atom is -0.317 e. The molecule has 0 atom stereocenters. The lowest BCUT2D eigenvalue weighted by Gasteiger charge is -2.33. The minimum absolute atomic E-state index is 0.0948. The van der Waals surface area contributed by atoms with Crippen molar-refractivity contribution in [3.63, 3.8) is 0 Å². The maximum absolute atomic E-state index is 13.4. The van der Waals surface area contributed by atoms with Gasteiger partial charge in [-0.05, 0) is 61.3 Å². The number of rotatable bonds is 2. The molecule has 160 valence electrons. The van der Waals surface area contributed by atoms with Gasteiger partial charge >= 0.3 is 12.4 Å². The molecule has 2 aliphatic rings. The zero-order valence-electron chi connectivity index (χ0n) is 15.7. The third-order valence-electron chi connectivity index (χ3n) is 5.81. The van der Waals surface area contributed by atoms with Crippen LogP contribution in [-0.4, -0.2) is 19.0 Å². The van der Waals surface area contributed by atoms with Crippen LogP contribution in [0.4, 0.5) is 32.0 Å². The summed E-state index contributed by atoms with van der Waals surface area (Å²) in [6, 6.07) is 8.43. The van der Waals surface area contributed by atoms with Crippen molar-refractivity contribution in [2.24, 2.45) is 0 Å². The summed E-state index contributed by atoms with van der Waals surface area (Å²) >= 11 is 0. The number of benzene rings is 2. The van der Waals surface area contributed by atoms with Gasteiger partial charge in [0.15, 0.2) is 0 Å². The van der Waals surface area contributed by atoms with E-state index in [0.29, 0.717) is 43.8 Å². The number of carbonyl (C=O) groups is 1. The highest BCUT2D eigenvalue weighted by atomic mass is 19.4. The normalized spacial score (nSPS) is 18.7. The Bertz CT molecular complexity index is 944. The Morgan fingerprint density at radius 2 is 1.47 bits per heavy atom. The van der Waals surface area contributed by atoms with E-state index in [4.69, 9.17) is 0 Å². The van der Waals surface area contributed by atoms with E-state index < -0.39 is 28.9 Å². The Hall–Kier alpha value is -2.55. The summed E-state index contributed by atoms with van der Waals surface area (Å²) in [4.78, 5) is 14.7. The molecule has 2 heterocycles. The molecule has 1 saturated heterocycles. The highest BCUT2D eigenvalue weighted by Gasteiger charge is 2.51. The lowest BCUT2D eigenvalue weighted by Crippen LogP contribution is -2.47. The van der Waals surface area contributed by atoms with Gasteiger partial charge in [-0.3, -0.25) is 4.79 Å². The van der Waals surface area contributed by atoms with Gasteiger partial charge in [0.25, 0.3) is 0 Å². The second-order valence-electron chi connectivity index (χ2n) is 7.65. The average molecular weight is 428 g/mol. The molecule has 9 heteroatoms. The Morgan fingerprint density at radius 1 is 0.900 bits per heavy atom. The summed E-state index contributed by atoms with van der Waals surface area (Å²) in [6.45, 7) is 0.851. The molecule has 2 aromatic rings. The molecule has 4 rings (SSSR count). The maximum atomic E-state index is 13.4. The smallest absolute Gasteiger partial charge is 0.317 e. The SMILES string of the molecule is O=C1N(Cc2cc(C(F)(F)F)cc(C(F)(F)F)c2)c2ccccc2C12CCNCC2. The van der Waals surface area contributed by atoms with Crippen molar-refractivity contribution in [3.8, 4) is 0 Å². The number of halogens is 6. The Morgan fingerprint density at radius 3 is 2.03 bits per heavy atom. The van der Waals surface area contributed by atoms with Gasteiger partial charge in [-0.15, -0.1) is 0 Å². The highest BCUT2D eigenvalue weighted by molar-refractivity contribution is 6.08. The summed E-state index contributed by atoms with van der Waals surface area (Å²) in [7, 11) is 0. The van der Waals surface area contributed by atoms with E-state index in [-0.39, 0.29) is 24.1 Å². The Labute approximate surface area is 168 Å². The lowest BCUT2D eigenvalue weighted by atomic mass is 9.74. The fourth-order valence-corrected chi connectivity index (χ4v) is 4.38. The Balaban J connectivity index is 1.77. The van der Waals surface area contributed by atoms with Crippen molar-refractivity contribution in [1.29, 1.82) is 0 Å². The number of hydrogen-bond acceptors (Lipinski definition) is 2. The van der Waals surface area contributed by atoms with Gasteiger partial charge in [-0.25, -0.2) is 0 Å². The first-order chi connectivity index (χ1) is 14.0. The van der Waals surface area contributed by atoms with Gasteiger partial charge in [0, 0.05) is 5.69 Å². The van der Waals surface area contributed by atoms with Gasteiger partial charge in [0.1, 0.15) is 0 Å². The maximum Gasteiger partial charge on any atom is 0.416 e. The number of nitrogens with one attached hydrogen (secondary N) is 1. The number of para-hydroxylation sites is 1. The number of amides is 1. The lowest BCUT2D eigenvalue weighted by molar-refractivity contribution is -0.143. The largest absolute Gasteiger partial charge is 0.416 e. The van der Waals surface area contributed by atoms with Gasteiger partial charge < -0.3 is 10.2 Å². The molecule has 0 radical (unpaired) electrons. The van der Waals surface area contributed by atoms with Crippen molar-refractivity contribution in [2.45, 2.75) is 37.2 Å². The summed E-state index contributed by atoms with van der Waals surface area (Å²) in [5.41, 5.74) is -2.47. The van der Waals surface area contributed by atoms with E-state index in [1.807, 2.05) is 6.07 Å². The number of carbonyl (C=O) groups excluding carboxylic acids is 1. The summed E-state index contributed by atoms with van der Waals surface area (Å²) < 4.78 is 79.2. The van der Waals surface area contributed by atoms with Crippen LogP contribution >= 0.6 is 0 Å². The van der Waals surface area contributed by atoms with Crippen molar-refractivity contribution in [3.05, 3.63) is 64.7 Å². The standard InChI is InChI=1S/C21H18F6N2O/c22-20(23,24)14-9-13(10-15(11-14)21(25,26)27)12-29-17-4-2-1-3-16(17)19(18(29)30)5-7-28-8-6-19/h1-4,9-11,28H,5-8,12H2. The van der Waals surface area contributed by atoms with Crippen LogP contribution in [0.15, 0.2) is 42.5 Å². The first kappa shape index (κ1) is 20.7. The van der Waals surface area contributed by atoms with Gasteiger partial charge in [-0.1, -0.05) is 18.2 Å². The predicted molar refractivity (Wildman–Crippen MR) is 97.9 cm³/mol. The molecule has 1 amide bonds. The summed E-state index contributed by atoms with van der Waals surface area (Å²) in [5.74, 6) is -0.281. The second kappa shape index (κ2) is 7.01. The van der Waals surface area contributed by atoms with Crippen LogP contribution in [0.1, 0.15) is 35.1 Å². The molecule has 3 nitrogen and oxygen atoms in total. The van der Waals surface area contributed by atoms with E-state index in [1.54, 1.807) is 18.2 Å². The molecule has 1 N–H and O–H groups in total. The summed E-state index contributed by atoms with van der Waals surface area (Å²) in [5, 5.41) is 3.18. The number of anilines is 1. The summed E-state index contributed by atoms with van der Waals surface area (Å²) in [6.07, 6.45) is -8.82. The van der Waals surface area contributed by atoms with E-state index in [0.717, 1.165) is 5.56 Å². The van der Waals surface area contributed by atoms with Crippen LogP contribution in [0.3, 0.4) is 0 Å². The van der Waals surface area contributed by atoms with Crippen LogP contribution in [-0.2, 0) is 29.1 Å². The number of fused-ring (bicyclic) bond motifs is 2. The monoisotopic (exact) mass is 428 g/mol. The van der Waals surface area contributed by atoms with E-state index in [9.17, 15) is 31.1 Å². The molecule has 2 aromatic carbocycles. The molecule has 1 spiro atoms. The van der Waals surface area contributed by atoms with Crippen molar-refractivity contribution in [2.75, 3.05) is 18.0 Å². The van der Waals surface area contributed by atoms with Crippen LogP contribution in [0.2, 0.25) is 0 Å². The van der Waals surface area contributed by atoms with Gasteiger partial charge in [-0.2, -0.15) is 26.3 Å². The molecule has 0 unspecified atom stereocenters. The fourth-order valence-electron chi connectivity index (χ4n) is 4.38. The van der Waals surface area contributed by atoms with Crippen LogP contribution in [0.25, 0.3) is 0 Å². The third-order valence-corrected chi connectivity index (χ3v) is 5.81. The quantitative estimate of drug-likeness (QED) is 0.691. The first-order valence-corrected chi connectivity index (χ1v) is 9.43. The van der Waals surface area contributed by atoms with Crippen molar-refractivity contribution >= 4 is 11.6 Å². The molecule has 1 fully saturated rings. The zero-order valence-corrected chi connectivity index (χ0v) is 15.7. The van der Waals surface area contributed by atoms with E-state index >= 15 is 0 Å². The van der Waals surface area contributed by atoms with Crippen molar-refractivity contribution < 1.29 is 31.1 Å². The minimum atomic E-state index is -4.93. The average Bonchev–Trinajstić information content (AvgIpc) is 2.90. The number of nitrogens with zero attached hydrogens (tertiary/aromatic N) is 1. The fraction of sp³-hybridized carbons (Fsp3) is 0.381. The third kappa shape index (κ3) is 3.45. The van der Waals surface area contributed by atoms with Gasteiger partial charge in [0.05, 0.1) is 23.1 Å². The number of alkyl halides is 6. The molecule has 0 bridgehead atoms. The van der Waals surface area contributed by atoms with E-state index in [2.05, 4.69) is 5.32 Å². The van der Waals surface area contributed by atoms with Crippen LogP contribution < -0.4 is 10.2 Å². The predicted octanol–water partition coefficient (Wildman–Crippen LogP) is 4.89. The number of piperidine rings is 1. The van der Waals surface area contributed by atoms with Crippen LogP contribution in [0, 0.1) is 0 Å². The molecule has 2 aliphatic heterocycles. The molecule has 0 saturated carbocycles. The van der Waals surface area contributed by atoms with Crippen molar-refractivity contribution in [1.82, 2.24) is 5.32 Å². The first-order valence-electron chi connectivity index (χ1n) is 9.43. The highest BCUT2D eigenvalue weighted by Crippen LogP contribution is 2.47. The topological polar surface area (TPSA) is 32.3 Å². The Kier molecular flexibility index (Phi) is 4.84. The van der Waals surface area contributed by atoms with Crippen LogP contribution in [0.5, 0.6) is 0 Å². The zero-order chi connectivity index (χ0) is 21.7. The van der Waals surface area contributed by atoms with Gasteiger partial charge in [0.2, 0.25) is 5.91 Å². The second-order valence-corrected chi connectivity index (χ2v) is 7.65.